The molecule has 1 unspecified atom stereocenters. The molecule has 3 rings (SSSR count). The largest absolute Gasteiger partial charge is 0.505 e. The van der Waals surface area contributed by atoms with Crippen LogP contribution in [0.1, 0.15) is 43.4 Å². The zero-order chi connectivity index (χ0) is 26.9. The Morgan fingerprint density at radius 1 is 1.14 bits per heavy atom. The molecule has 2 heterocycles. The number of amides is 2. The van der Waals surface area contributed by atoms with Gasteiger partial charge in [-0.05, 0) is 55.8 Å². The fourth-order valence-corrected chi connectivity index (χ4v) is 4.23. The number of esters is 1. The van der Waals surface area contributed by atoms with Crippen LogP contribution in [0.4, 0.5) is 10.3 Å². The summed E-state index contributed by atoms with van der Waals surface area (Å²) in [5.74, 6) is -2.34. The molecular weight excluding hydrogens is 501 g/mol. The smallest absolute Gasteiger partial charge is 0.330 e. The number of phenols is 1. The topological polar surface area (TPSA) is 143 Å². The summed E-state index contributed by atoms with van der Waals surface area (Å²) in [7, 11) is 1.20. The van der Waals surface area contributed by atoms with Gasteiger partial charge >= 0.3 is 5.97 Å². The number of aromatic hydroxyl groups is 1. The molecule has 0 aliphatic heterocycles. The number of aromatic nitrogens is 2. The Hall–Kier alpha value is -4.06. The van der Waals surface area contributed by atoms with Crippen molar-refractivity contribution in [3.8, 4) is 5.75 Å². The summed E-state index contributed by atoms with van der Waals surface area (Å²) in [4.78, 5) is 46.6. The second-order valence-corrected chi connectivity index (χ2v) is 9.09. The van der Waals surface area contributed by atoms with Crippen LogP contribution in [0.2, 0.25) is 0 Å². The van der Waals surface area contributed by atoms with E-state index < -0.39 is 23.7 Å². The Balaban J connectivity index is 1.59. The first-order valence-corrected chi connectivity index (χ1v) is 12.3. The molecule has 0 saturated carbocycles. The van der Waals surface area contributed by atoms with Gasteiger partial charge in [-0.2, -0.15) is 0 Å². The van der Waals surface area contributed by atoms with Gasteiger partial charge in [-0.15, -0.1) is 11.3 Å². The number of anilines is 1. The molecule has 196 valence electrons. The summed E-state index contributed by atoms with van der Waals surface area (Å²) < 4.78 is 18.0. The van der Waals surface area contributed by atoms with Crippen molar-refractivity contribution in [3.05, 3.63) is 68.9 Å². The van der Waals surface area contributed by atoms with E-state index in [0.717, 1.165) is 5.56 Å². The van der Waals surface area contributed by atoms with Crippen LogP contribution in [0, 0.1) is 19.7 Å². The summed E-state index contributed by atoms with van der Waals surface area (Å²) in [5, 5.41) is 19.5. The molecule has 0 fully saturated rings. The Morgan fingerprint density at radius 2 is 1.86 bits per heavy atom. The molecule has 2 aromatic heterocycles. The number of hydrogen-bond acceptors (Lipinski definition) is 9. The minimum Gasteiger partial charge on any atom is -0.505 e. The molecule has 3 aromatic rings. The number of hydrogen-bond donors (Lipinski definition) is 4. The van der Waals surface area contributed by atoms with Crippen molar-refractivity contribution >= 4 is 35.1 Å². The van der Waals surface area contributed by atoms with Crippen molar-refractivity contribution in [2.75, 3.05) is 25.5 Å². The summed E-state index contributed by atoms with van der Waals surface area (Å²) in [6, 6.07) is 6.51. The highest BCUT2D eigenvalue weighted by Gasteiger charge is 2.25. The maximum Gasteiger partial charge on any atom is 0.330 e. The molecule has 4 N–H and O–H groups in total. The molecule has 1 aromatic carbocycles. The first-order chi connectivity index (χ1) is 17.7. The quantitative estimate of drug-likeness (QED) is 0.219. The number of methoxy groups -OCH3 is 1. The number of ether oxygens (including phenoxy) is 1. The molecule has 0 saturated heterocycles. The highest BCUT2D eigenvalue weighted by Crippen LogP contribution is 2.18. The van der Waals surface area contributed by atoms with Gasteiger partial charge in [0.1, 0.15) is 6.04 Å². The first-order valence-electron chi connectivity index (χ1n) is 11.5. The van der Waals surface area contributed by atoms with Crippen molar-refractivity contribution in [2.45, 2.75) is 32.7 Å². The lowest BCUT2D eigenvalue weighted by Crippen LogP contribution is -2.49. The van der Waals surface area contributed by atoms with Crippen molar-refractivity contribution in [3.63, 3.8) is 0 Å². The Kier molecular flexibility index (Phi) is 9.50. The van der Waals surface area contributed by atoms with Gasteiger partial charge in [0, 0.05) is 13.1 Å². The van der Waals surface area contributed by atoms with E-state index in [4.69, 9.17) is 4.74 Å². The van der Waals surface area contributed by atoms with E-state index in [2.05, 4.69) is 25.9 Å². The number of nitrogens with one attached hydrogen (secondary N) is 3. The predicted molar refractivity (Wildman–Crippen MR) is 136 cm³/mol. The number of carbonyl (C=O) groups excluding carboxylic acids is 3. The number of nitrogens with zero attached hydrogens (tertiary/aromatic N) is 2. The van der Waals surface area contributed by atoms with Crippen LogP contribution in [0.15, 0.2) is 35.7 Å². The zero-order valence-electron chi connectivity index (χ0n) is 20.6. The van der Waals surface area contributed by atoms with E-state index in [1.165, 1.54) is 30.6 Å². The second kappa shape index (κ2) is 12.8. The second-order valence-electron chi connectivity index (χ2n) is 8.15. The fourth-order valence-electron chi connectivity index (χ4n) is 3.59. The summed E-state index contributed by atoms with van der Waals surface area (Å²) in [5.41, 5.74) is 1.82. The van der Waals surface area contributed by atoms with Crippen LogP contribution >= 0.6 is 11.3 Å². The molecule has 10 nitrogen and oxygen atoms in total. The van der Waals surface area contributed by atoms with E-state index in [1.807, 2.05) is 0 Å². The molecular formula is C25H28FN5O5S. The number of benzene rings is 1. The van der Waals surface area contributed by atoms with Gasteiger partial charge in [0.05, 0.1) is 28.9 Å². The predicted octanol–water partition coefficient (Wildman–Crippen LogP) is 2.75. The minimum absolute atomic E-state index is 0.153. The Bertz CT molecular complexity index is 1250. The lowest BCUT2D eigenvalue weighted by Gasteiger charge is -2.18. The van der Waals surface area contributed by atoms with E-state index in [1.54, 1.807) is 37.4 Å². The van der Waals surface area contributed by atoms with Gasteiger partial charge < -0.3 is 25.8 Å². The molecule has 0 bridgehead atoms. The average molecular weight is 530 g/mol. The van der Waals surface area contributed by atoms with Crippen LogP contribution in [0.3, 0.4) is 0 Å². The van der Waals surface area contributed by atoms with E-state index >= 15 is 0 Å². The standard InChI is InChI=1S/C25H28FN5O5S/c1-14-21(23(34)31-18(24(35)36-3)13-28-22(33)20-7-5-11-37-20)15(2)30-25(29-14)27-10-4-6-16-8-9-17(26)19(32)12-16/h5,7-9,11-12,18,32H,4,6,10,13H2,1-3H3,(H,28,33)(H,31,34)(H,27,29,30). The van der Waals surface area contributed by atoms with E-state index in [0.29, 0.717) is 41.6 Å². The van der Waals surface area contributed by atoms with Gasteiger partial charge in [0.25, 0.3) is 11.8 Å². The lowest BCUT2D eigenvalue weighted by molar-refractivity contribution is -0.142. The Labute approximate surface area is 217 Å². The maximum atomic E-state index is 13.2. The summed E-state index contributed by atoms with van der Waals surface area (Å²) >= 11 is 1.26. The van der Waals surface area contributed by atoms with E-state index in [9.17, 15) is 23.9 Å². The molecule has 0 radical (unpaired) electrons. The lowest BCUT2D eigenvalue weighted by atomic mass is 10.1. The van der Waals surface area contributed by atoms with Crippen LogP contribution in [0.5, 0.6) is 5.75 Å². The Morgan fingerprint density at radius 3 is 2.49 bits per heavy atom. The SMILES string of the molecule is COC(=O)C(CNC(=O)c1cccs1)NC(=O)c1c(C)nc(NCCCc2ccc(F)c(O)c2)nc1C. The number of phenolic OH excluding ortho intramolecular Hbond substituents is 1. The average Bonchev–Trinajstić information content (AvgIpc) is 3.40. The van der Waals surface area contributed by atoms with Gasteiger partial charge in [-0.3, -0.25) is 9.59 Å². The fraction of sp³-hybridized carbons (Fsp3) is 0.320. The van der Waals surface area contributed by atoms with Crippen molar-refractivity contribution in [2.24, 2.45) is 0 Å². The molecule has 0 aliphatic rings. The van der Waals surface area contributed by atoms with Crippen LogP contribution in [-0.2, 0) is 16.0 Å². The maximum absolute atomic E-state index is 13.2. The third kappa shape index (κ3) is 7.46. The number of thiophene rings is 1. The normalized spacial score (nSPS) is 11.5. The van der Waals surface area contributed by atoms with Gasteiger partial charge in [-0.1, -0.05) is 12.1 Å². The first kappa shape index (κ1) is 27.5. The molecule has 0 spiro atoms. The van der Waals surface area contributed by atoms with Crippen molar-refractivity contribution in [1.29, 1.82) is 0 Å². The number of rotatable bonds is 11. The third-order valence-electron chi connectivity index (χ3n) is 5.44. The molecule has 37 heavy (non-hydrogen) atoms. The highest BCUT2D eigenvalue weighted by atomic mass is 32.1. The van der Waals surface area contributed by atoms with Crippen LogP contribution in [0.25, 0.3) is 0 Å². The molecule has 12 heteroatoms. The third-order valence-corrected chi connectivity index (χ3v) is 6.31. The molecule has 1 atom stereocenters. The van der Waals surface area contributed by atoms with E-state index in [-0.39, 0.29) is 23.8 Å². The van der Waals surface area contributed by atoms with Crippen LogP contribution < -0.4 is 16.0 Å². The van der Waals surface area contributed by atoms with Crippen molar-refractivity contribution < 1.29 is 28.6 Å². The minimum atomic E-state index is -1.11. The number of halogens is 1. The molecule has 0 aliphatic carbocycles. The monoisotopic (exact) mass is 529 g/mol. The summed E-state index contributed by atoms with van der Waals surface area (Å²) in [6.07, 6.45) is 1.28. The highest BCUT2D eigenvalue weighted by molar-refractivity contribution is 7.12. The van der Waals surface area contributed by atoms with Crippen molar-refractivity contribution in [1.82, 2.24) is 20.6 Å². The number of aryl methyl sites for hydroxylation is 3. The van der Waals surface area contributed by atoms with Crippen LogP contribution in [-0.4, -0.2) is 59.1 Å². The number of carbonyl (C=O) groups is 3. The molecule has 2 amide bonds. The summed E-state index contributed by atoms with van der Waals surface area (Å²) in [6.45, 7) is 3.67. The van der Waals surface area contributed by atoms with Gasteiger partial charge in [0.2, 0.25) is 5.95 Å². The van der Waals surface area contributed by atoms with Gasteiger partial charge in [0.15, 0.2) is 11.6 Å². The van der Waals surface area contributed by atoms with Gasteiger partial charge in [-0.25, -0.2) is 19.2 Å². The zero-order valence-corrected chi connectivity index (χ0v) is 21.4.